The minimum Gasteiger partial charge on any atom is -0.492 e. The smallest absolute Gasteiger partial charge is 0.223 e. The molecular weight excluding hydrogens is 254 g/mol. The zero-order valence-corrected chi connectivity index (χ0v) is 11.7. The second-order valence-electron chi connectivity index (χ2n) is 5.00. The van der Waals surface area contributed by atoms with Crippen LogP contribution in [0, 0.1) is 5.92 Å². The molecule has 0 radical (unpaired) electrons. The van der Waals surface area contributed by atoms with Gasteiger partial charge in [0.05, 0.1) is 18.6 Å². The first kappa shape index (κ1) is 14.3. The van der Waals surface area contributed by atoms with E-state index in [2.05, 4.69) is 0 Å². The molecule has 0 aliphatic carbocycles. The molecule has 106 valence electrons. The molecule has 0 aromatic heterocycles. The van der Waals surface area contributed by atoms with Crippen LogP contribution >= 0.6 is 0 Å². The molecule has 0 aliphatic heterocycles. The molecule has 2 aromatic rings. The molecule has 2 unspecified atom stereocenters. The first-order valence-electron chi connectivity index (χ1n) is 6.62. The number of benzene rings is 2. The summed E-state index contributed by atoms with van der Waals surface area (Å²) >= 11 is 0. The highest BCUT2D eigenvalue weighted by molar-refractivity contribution is 5.89. The quantitative estimate of drug-likeness (QED) is 0.878. The van der Waals surface area contributed by atoms with Crippen LogP contribution in [0.15, 0.2) is 36.4 Å². The van der Waals surface area contributed by atoms with Crippen LogP contribution in [0.2, 0.25) is 0 Å². The number of hydrogen-bond donors (Lipinski definition) is 2. The highest BCUT2D eigenvalue weighted by atomic mass is 16.5. The molecular formula is C16H19NO3. The number of primary amides is 1. The van der Waals surface area contributed by atoms with E-state index in [1.807, 2.05) is 36.4 Å². The lowest BCUT2D eigenvalue weighted by Crippen LogP contribution is -2.26. The molecule has 20 heavy (non-hydrogen) atoms. The summed E-state index contributed by atoms with van der Waals surface area (Å²) in [7, 11) is 0. The summed E-state index contributed by atoms with van der Waals surface area (Å²) in [5, 5.41) is 11.8. The van der Waals surface area contributed by atoms with E-state index in [1.165, 1.54) is 0 Å². The third-order valence-corrected chi connectivity index (χ3v) is 3.32. The van der Waals surface area contributed by atoms with Gasteiger partial charge in [-0.25, -0.2) is 0 Å². The van der Waals surface area contributed by atoms with E-state index in [0.29, 0.717) is 11.3 Å². The van der Waals surface area contributed by atoms with Gasteiger partial charge in [-0.3, -0.25) is 4.79 Å². The zero-order valence-electron chi connectivity index (χ0n) is 11.7. The predicted octanol–water partition coefficient (Wildman–Crippen LogP) is 2.39. The zero-order chi connectivity index (χ0) is 14.7. The Morgan fingerprint density at radius 2 is 1.95 bits per heavy atom. The average Bonchev–Trinajstić information content (AvgIpc) is 2.43. The van der Waals surface area contributed by atoms with Crippen molar-refractivity contribution < 1.29 is 14.6 Å². The van der Waals surface area contributed by atoms with Gasteiger partial charge in [0.25, 0.3) is 0 Å². The number of amides is 1. The lowest BCUT2D eigenvalue weighted by molar-refractivity contribution is -0.122. The highest BCUT2D eigenvalue weighted by Gasteiger charge is 2.16. The largest absolute Gasteiger partial charge is 0.492 e. The number of carbonyl (C=O) groups is 1. The lowest BCUT2D eigenvalue weighted by atomic mass is 10.0. The molecule has 3 N–H and O–H groups in total. The van der Waals surface area contributed by atoms with Crippen LogP contribution in [0.5, 0.6) is 5.75 Å². The Bertz CT molecular complexity index is 622. The Morgan fingerprint density at radius 3 is 2.60 bits per heavy atom. The van der Waals surface area contributed by atoms with Crippen LogP contribution in [0.4, 0.5) is 0 Å². The van der Waals surface area contributed by atoms with Crippen molar-refractivity contribution in [2.45, 2.75) is 20.0 Å². The van der Waals surface area contributed by atoms with Crippen molar-refractivity contribution in [3.8, 4) is 5.75 Å². The Balaban J connectivity index is 2.42. The van der Waals surface area contributed by atoms with E-state index < -0.39 is 12.0 Å². The fourth-order valence-corrected chi connectivity index (χ4v) is 2.04. The summed E-state index contributed by atoms with van der Waals surface area (Å²) in [5.74, 6) is -0.161. The molecule has 0 fully saturated rings. The molecule has 4 nitrogen and oxygen atoms in total. The predicted molar refractivity (Wildman–Crippen MR) is 78.4 cm³/mol. The van der Waals surface area contributed by atoms with Gasteiger partial charge in [0, 0.05) is 10.9 Å². The minimum atomic E-state index is -0.640. The molecule has 0 spiro atoms. The molecule has 2 atom stereocenters. The van der Waals surface area contributed by atoms with Crippen LogP contribution in [0.25, 0.3) is 10.8 Å². The number of aliphatic hydroxyl groups is 1. The van der Waals surface area contributed by atoms with E-state index >= 15 is 0 Å². The number of ether oxygens (including phenoxy) is 1. The molecule has 0 bridgehead atoms. The van der Waals surface area contributed by atoms with E-state index in [1.54, 1.807) is 13.8 Å². The number of carbonyl (C=O) groups excluding carboxylic acids is 1. The molecule has 0 saturated carbocycles. The summed E-state index contributed by atoms with van der Waals surface area (Å²) in [5.41, 5.74) is 5.95. The summed E-state index contributed by atoms with van der Waals surface area (Å²) in [6.45, 7) is 3.60. The maximum absolute atomic E-state index is 11.1. The first-order valence-corrected chi connectivity index (χ1v) is 6.62. The van der Waals surface area contributed by atoms with Gasteiger partial charge in [0.1, 0.15) is 5.75 Å². The SMILES string of the molecule is CC(COc1c(C(C)O)ccc2ccccc12)C(N)=O. The van der Waals surface area contributed by atoms with Crippen molar-refractivity contribution in [3.63, 3.8) is 0 Å². The summed E-state index contributed by atoms with van der Waals surface area (Å²) in [6.07, 6.45) is -0.640. The fourth-order valence-electron chi connectivity index (χ4n) is 2.04. The molecule has 4 heteroatoms. The lowest BCUT2D eigenvalue weighted by Gasteiger charge is -2.17. The summed E-state index contributed by atoms with van der Waals surface area (Å²) < 4.78 is 5.77. The molecule has 1 amide bonds. The highest BCUT2D eigenvalue weighted by Crippen LogP contribution is 2.33. The van der Waals surface area contributed by atoms with Gasteiger partial charge in [0.15, 0.2) is 0 Å². The van der Waals surface area contributed by atoms with E-state index in [0.717, 1.165) is 10.8 Å². The van der Waals surface area contributed by atoms with Gasteiger partial charge in [-0.05, 0) is 12.3 Å². The van der Waals surface area contributed by atoms with Gasteiger partial charge in [-0.2, -0.15) is 0 Å². The maximum atomic E-state index is 11.1. The Hall–Kier alpha value is -2.07. The molecule has 2 rings (SSSR count). The van der Waals surface area contributed by atoms with Gasteiger partial charge in [0.2, 0.25) is 5.91 Å². The number of fused-ring (bicyclic) bond motifs is 1. The van der Waals surface area contributed by atoms with Crippen molar-refractivity contribution in [3.05, 3.63) is 42.0 Å². The normalized spacial score (nSPS) is 13.9. The number of aliphatic hydroxyl groups excluding tert-OH is 1. The van der Waals surface area contributed by atoms with Crippen LogP contribution in [0.3, 0.4) is 0 Å². The number of nitrogens with two attached hydrogens (primary N) is 1. The van der Waals surface area contributed by atoms with Gasteiger partial charge in [-0.1, -0.05) is 43.3 Å². The summed E-state index contributed by atoms with van der Waals surface area (Å²) in [6, 6.07) is 11.6. The topological polar surface area (TPSA) is 72.6 Å². The van der Waals surface area contributed by atoms with E-state index in [4.69, 9.17) is 10.5 Å². The van der Waals surface area contributed by atoms with Crippen molar-refractivity contribution in [1.29, 1.82) is 0 Å². The van der Waals surface area contributed by atoms with Crippen molar-refractivity contribution in [1.82, 2.24) is 0 Å². The maximum Gasteiger partial charge on any atom is 0.223 e. The van der Waals surface area contributed by atoms with E-state index in [9.17, 15) is 9.90 Å². The number of rotatable bonds is 5. The monoisotopic (exact) mass is 273 g/mol. The third kappa shape index (κ3) is 2.91. The average molecular weight is 273 g/mol. The molecule has 0 aliphatic rings. The second kappa shape index (κ2) is 5.92. The van der Waals surface area contributed by atoms with Gasteiger partial charge < -0.3 is 15.6 Å². The van der Waals surface area contributed by atoms with Crippen LogP contribution in [-0.2, 0) is 4.79 Å². The standard InChI is InChI=1S/C16H19NO3/c1-10(16(17)19)9-20-15-13(11(2)18)8-7-12-5-3-4-6-14(12)15/h3-8,10-11,18H,9H2,1-2H3,(H2,17,19). The second-order valence-corrected chi connectivity index (χ2v) is 5.00. The van der Waals surface area contributed by atoms with Crippen molar-refractivity contribution in [2.75, 3.05) is 6.61 Å². The van der Waals surface area contributed by atoms with Crippen molar-refractivity contribution in [2.24, 2.45) is 11.7 Å². The van der Waals surface area contributed by atoms with Crippen LogP contribution in [0.1, 0.15) is 25.5 Å². The Kier molecular flexibility index (Phi) is 4.25. The molecule has 2 aromatic carbocycles. The van der Waals surface area contributed by atoms with Gasteiger partial charge in [-0.15, -0.1) is 0 Å². The third-order valence-electron chi connectivity index (χ3n) is 3.32. The van der Waals surface area contributed by atoms with Gasteiger partial charge >= 0.3 is 0 Å². The minimum absolute atomic E-state index is 0.197. The van der Waals surface area contributed by atoms with Crippen LogP contribution in [-0.4, -0.2) is 17.6 Å². The summed E-state index contributed by atoms with van der Waals surface area (Å²) in [4.78, 5) is 11.1. The van der Waals surface area contributed by atoms with Crippen molar-refractivity contribution >= 4 is 16.7 Å². The van der Waals surface area contributed by atoms with E-state index in [-0.39, 0.29) is 12.5 Å². The molecule has 0 saturated heterocycles. The number of hydrogen-bond acceptors (Lipinski definition) is 3. The molecule has 0 heterocycles. The Labute approximate surface area is 118 Å². The fraction of sp³-hybridized carbons (Fsp3) is 0.312. The first-order chi connectivity index (χ1) is 9.50. The van der Waals surface area contributed by atoms with Crippen LogP contribution < -0.4 is 10.5 Å². The Morgan fingerprint density at radius 1 is 1.25 bits per heavy atom.